The molecule has 1 fully saturated rings. The van der Waals surface area contributed by atoms with Crippen LogP contribution >= 0.6 is 0 Å². The third-order valence-electron chi connectivity index (χ3n) is 4.76. The molecule has 0 bridgehead atoms. The third kappa shape index (κ3) is 4.37. The van der Waals surface area contributed by atoms with E-state index in [1.54, 1.807) is 24.3 Å². The number of carbonyl (C=O) groups excluding carboxylic acids is 1. The minimum Gasteiger partial charge on any atom is -0.326 e. The van der Waals surface area contributed by atoms with Crippen LogP contribution in [0.1, 0.15) is 18.4 Å². The molecule has 0 radical (unpaired) electrons. The second kappa shape index (κ2) is 8.07. The van der Waals surface area contributed by atoms with Crippen LogP contribution in [0.2, 0.25) is 0 Å². The number of aryl methyl sites for hydroxylation is 1. The molecule has 148 valence electrons. The lowest BCUT2D eigenvalue weighted by molar-refractivity contribution is -0.384. The molecule has 1 heterocycles. The van der Waals surface area contributed by atoms with E-state index in [9.17, 15) is 23.3 Å². The molecule has 0 aliphatic carbocycles. The highest BCUT2D eigenvalue weighted by molar-refractivity contribution is 7.89. The van der Waals surface area contributed by atoms with Gasteiger partial charge in [-0.25, -0.2) is 8.42 Å². The Hall–Kier alpha value is -2.78. The number of nitro groups is 1. The molecule has 3 rings (SSSR count). The summed E-state index contributed by atoms with van der Waals surface area (Å²) in [5.74, 6) is -0.776. The number of hydrogen-bond donors (Lipinski definition) is 1. The average molecular weight is 403 g/mol. The van der Waals surface area contributed by atoms with Gasteiger partial charge in [-0.1, -0.05) is 17.7 Å². The van der Waals surface area contributed by atoms with Gasteiger partial charge in [-0.05, 0) is 44.0 Å². The molecule has 0 spiro atoms. The first-order chi connectivity index (χ1) is 13.3. The van der Waals surface area contributed by atoms with E-state index in [-0.39, 0.29) is 23.0 Å². The normalized spacial score (nSPS) is 17.8. The lowest BCUT2D eigenvalue weighted by atomic mass is 9.98. The fraction of sp³-hybridized carbons (Fsp3) is 0.316. The molecule has 0 aromatic heterocycles. The van der Waals surface area contributed by atoms with E-state index < -0.39 is 20.9 Å². The number of hydrogen-bond acceptors (Lipinski definition) is 5. The van der Waals surface area contributed by atoms with E-state index >= 15 is 0 Å². The number of nitrogens with zero attached hydrogens (tertiary/aromatic N) is 2. The Morgan fingerprint density at radius 3 is 2.39 bits per heavy atom. The quantitative estimate of drug-likeness (QED) is 0.610. The Bertz CT molecular complexity index is 972. The summed E-state index contributed by atoms with van der Waals surface area (Å²) in [5.41, 5.74) is 1.35. The van der Waals surface area contributed by atoms with Gasteiger partial charge in [0, 0.05) is 30.9 Å². The number of carbonyl (C=O) groups is 1. The average Bonchev–Trinajstić information content (AvgIpc) is 2.69. The van der Waals surface area contributed by atoms with E-state index in [1.807, 2.05) is 6.92 Å². The zero-order valence-electron chi connectivity index (χ0n) is 15.4. The summed E-state index contributed by atoms with van der Waals surface area (Å²) < 4.78 is 27.1. The fourth-order valence-electron chi connectivity index (χ4n) is 3.14. The summed E-state index contributed by atoms with van der Waals surface area (Å²) in [5, 5.41) is 13.4. The number of sulfonamides is 1. The van der Waals surface area contributed by atoms with Gasteiger partial charge in [0.15, 0.2) is 0 Å². The van der Waals surface area contributed by atoms with Gasteiger partial charge < -0.3 is 5.32 Å². The predicted octanol–water partition coefficient (Wildman–Crippen LogP) is 2.94. The summed E-state index contributed by atoms with van der Waals surface area (Å²) >= 11 is 0. The van der Waals surface area contributed by atoms with E-state index in [2.05, 4.69) is 5.32 Å². The fourth-order valence-corrected chi connectivity index (χ4v) is 4.67. The summed E-state index contributed by atoms with van der Waals surface area (Å²) in [6.45, 7) is 2.36. The number of nitrogens with one attached hydrogen (secondary N) is 1. The molecular weight excluding hydrogens is 382 g/mol. The van der Waals surface area contributed by atoms with Crippen molar-refractivity contribution in [1.29, 1.82) is 0 Å². The topological polar surface area (TPSA) is 110 Å². The van der Waals surface area contributed by atoms with Crippen molar-refractivity contribution in [3.8, 4) is 0 Å². The van der Waals surface area contributed by atoms with Crippen LogP contribution in [0.5, 0.6) is 0 Å². The second-order valence-electron chi connectivity index (χ2n) is 6.81. The van der Waals surface area contributed by atoms with Crippen LogP contribution in [-0.4, -0.2) is 36.6 Å². The standard InChI is InChI=1S/C19H21N3O5S/c1-14-4-10-18(11-5-14)28(26,27)21-12-2-3-15(13-21)19(23)20-16-6-8-17(9-7-16)22(24)25/h4-11,15H,2-3,12-13H2,1H3,(H,20,23). The van der Waals surface area contributed by atoms with Gasteiger partial charge in [-0.2, -0.15) is 4.31 Å². The molecular formula is C19H21N3O5S. The van der Waals surface area contributed by atoms with Crippen molar-refractivity contribution < 1.29 is 18.1 Å². The zero-order valence-corrected chi connectivity index (χ0v) is 16.2. The maximum atomic E-state index is 12.9. The SMILES string of the molecule is Cc1ccc(S(=O)(=O)N2CCCC(C(=O)Nc3ccc([N+](=O)[O-])cc3)C2)cc1. The van der Waals surface area contributed by atoms with Gasteiger partial charge in [0.1, 0.15) is 0 Å². The van der Waals surface area contributed by atoms with Gasteiger partial charge >= 0.3 is 0 Å². The van der Waals surface area contributed by atoms with Crippen molar-refractivity contribution in [2.24, 2.45) is 5.92 Å². The first kappa shape index (κ1) is 20.0. The van der Waals surface area contributed by atoms with Crippen molar-refractivity contribution in [3.05, 3.63) is 64.2 Å². The minimum absolute atomic E-state index is 0.0639. The summed E-state index contributed by atoms with van der Waals surface area (Å²) in [4.78, 5) is 23.0. The van der Waals surface area contributed by atoms with Gasteiger partial charge in [0.25, 0.3) is 5.69 Å². The Morgan fingerprint density at radius 1 is 1.14 bits per heavy atom. The van der Waals surface area contributed by atoms with E-state index in [1.165, 1.54) is 28.6 Å². The smallest absolute Gasteiger partial charge is 0.269 e. The van der Waals surface area contributed by atoms with Crippen LogP contribution in [0.25, 0.3) is 0 Å². The summed E-state index contributed by atoms with van der Waals surface area (Å²) in [6, 6.07) is 12.2. The molecule has 1 unspecified atom stereocenters. The number of nitro benzene ring substituents is 1. The molecule has 8 nitrogen and oxygen atoms in total. The molecule has 1 aliphatic heterocycles. The number of non-ortho nitro benzene ring substituents is 1. The van der Waals surface area contributed by atoms with Gasteiger partial charge in [0.2, 0.25) is 15.9 Å². The number of piperidine rings is 1. The Morgan fingerprint density at radius 2 is 1.79 bits per heavy atom. The largest absolute Gasteiger partial charge is 0.326 e. The molecule has 1 saturated heterocycles. The third-order valence-corrected chi connectivity index (χ3v) is 6.64. The summed E-state index contributed by atoms with van der Waals surface area (Å²) in [6.07, 6.45) is 1.17. The Kier molecular flexibility index (Phi) is 5.76. The minimum atomic E-state index is -3.65. The van der Waals surface area contributed by atoms with E-state index in [0.29, 0.717) is 25.1 Å². The molecule has 1 aliphatic rings. The first-order valence-electron chi connectivity index (χ1n) is 8.89. The van der Waals surface area contributed by atoms with Crippen LogP contribution in [-0.2, 0) is 14.8 Å². The highest BCUT2D eigenvalue weighted by Gasteiger charge is 2.33. The molecule has 1 amide bonds. The van der Waals surface area contributed by atoms with Crippen molar-refractivity contribution in [2.75, 3.05) is 18.4 Å². The number of amides is 1. The van der Waals surface area contributed by atoms with Crippen LogP contribution < -0.4 is 5.32 Å². The van der Waals surface area contributed by atoms with E-state index in [0.717, 1.165) is 5.56 Å². The monoisotopic (exact) mass is 403 g/mol. The highest BCUT2D eigenvalue weighted by atomic mass is 32.2. The Labute approximate surface area is 163 Å². The highest BCUT2D eigenvalue weighted by Crippen LogP contribution is 2.25. The number of anilines is 1. The van der Waals surface area contributed by atoms with Crippen LogP contribution in [0, 0.1) is 23.0 Å². The zero-order chi connectivity index (χ0) is 20.3. The van der Waals surface area contributed by atoms with Gasteiger partial charge in [-0.3, -0.25) is 14.9 Å². The maximum Gasteiger partial charge on any atom is 0.269 e. The van der Waals surface area contributed by atoms with Crippen LogP contribution in [0.3, 0.4) is 0 Å². The molecule has 1 atom stereocenters. The molecule has 2 aromatic rings. The number of benzene rings is 2. The van der Waals surface area contributed by atoms with Gasteiger partial charge in [-0.15, -0.1) is 0 Å². The molecule has 1 N–H and O–H groups in total. The lowest BCUT2D eigenvalue weighted by Gasteiger charge is -2.31. The summed E-state index contributed by atoms with van der Waals surface area (Å²) in [7, 11) is -3.65. The van der Waals surface area contributed by atoms with Crippen molar-refractivity contribution in [2.45, 2.75) is 24.7 Å². The van der Waals surface area contributed by atoms with Crippen molar-refractivity contribution in [3.63, 3.8) is 0 Å². The molecule has 2 aromatic carbocycles. The Balaban J connectivity index is 1.69. The van der Waals surface area contributed by atoms with E-state index in [4.69, 9.17) is 0 Å². The first-order valence-corrected chi connectivity index (χ1v) is 10.3. The second-order valence-corrected chi connectivity index (χ2v) is 8.75. The van der Waals surface area contributed by atoms with Gasteiger partial charge in [0.05, 0.1) is 15.7 Å². The molecule has 28 heavy (non-hydrogen) atoms. The molecule has 0 saturated carbocycles. The molecule has 9 heteroatoms. The van der Waals surface area contributed by atoms with Crippen LogP contribution in [0.15, 0.2) is 53.4 Å². The van der Waals surface area contributed by atoms with Crippen LogP contribution in [0.4, 0.5) is 11.4 Å². The van der Waals surface area contributed by atoms with Crippen molar-refractivity contribution in [1.82, 2.24) is 4.31 Å². The predicted molar refractivity (Wildman–Crippen MR) is 104 cm³/mol. The number of rotatable bonds is 5. The van der Waals surface area contributed by atoms with Crippen molar-refractivity contribution >= 4 is 27.3 Å². The lowest BCUT2D eigenvalue weighted by Crippen LogP contribution is -2.43. The maximum absolute atomic E-state index is 12.9.